The molecule has 0 unspecified atom stereocenters. The summed E-state index contributed by atoms with van der Waals surface area (Å²) in [5.74, 6) is -0.675. The Morgan fingerprint density at radius 2 is 1.82 bits per heavy atom. The van der Waals surface area contributed by atoms with Crippen LogP contribution < -0.4 is 5.73 Å². The molecule has 0 atom stereocenters. The first-order valence-electron chi connectivity index (χ1n) is 12.1. The number of hydrogen-bond acceptors (Lipinski definition) is 5. The van der Waals surface area contributed by atoms with Crippen LogP contribution in [0.1, 0.15) is 59.8 Å². The lowest BCUT2D eigenvalue weighted by atomic mass is 9.41. The summed E-state index contributed by atoms with van der Waals surface area (Å²) in [6, 6.07) is 0.948. The average molecular weight is 562 g/mol. The van der Waals surface area contributed by atoms with E-state index < -0.39 is 32.5 Å². The number of anilines is 1. The first-order chi connectivity index (χ1) is 17.5. The molecule has 206 valence electrons. The van der Waals surface area contributed by atoms with Gasteiger partial charge in [0.05, 0.1) is 17.4 Å². The summed E-state index contributed by atoms with van der Waals surface area (Å²) >= 11 is 0. The molecule has 1 aromatic carbocycles. The number of H-pyrrole nitrogens is 1. The Morgan fingerprint density at radius 3 is 2.39 bits per heavy atom. The second-order valence-electron chi connectivity index (χ2n) is 10.8. The summed E-state index contributed by atoms with van der Waals surface area (Å²) in [4.78, 5) is 24.3. The average Bonchev–Trinajstić information content (AvgIpc) is 3.19. The normalized spacial score (nSPS) is 27.4. The van der Waals surface area contributed by atoms with Gasteiger partial charge in [-0.2, -0.15) is 0 Å². The zero-order valence-electron chi connectivity index (χ0n) is 20.2. The summed E-state index contributed by atoms with van der Waals surface area (Å²) in [6.07, 6.45) is 4.43. The Hall–Kier alpha value is -3.00. The van der Waals surface area contributed by atoms with Crippen LogP contribution in [0.15, 0.2) is 29.3 Å². The van der Waals surface area contributed by atoms with E-state index in [4.69, 9.17) is 15.5 Å². The molecule has 3 aromatic rings. The fraction of sp³-hybridized carbons (Fsp3) is 0.458. The highest BCUT2D eigenvalue weighted by molar-refractivity contribution is 8.45. The molecule has 7 nitrogen and oxygen atoms in total. The molecule has 38 heavy (non-hydrogen) atoms. The van der Waals surface area contributed by atoms with Crippen LogP contribution in [0.3, 0.4) is 0 Å². The number of pyridine rings is 1. The fourth-order valence-electron chi connectivity index (χ4n) is 6.27. The number of imidazole rings is 1. The molecule has 4 fully saturated rings. The molecular weight excluding hydrogens is 536 g/mol. The van der Waals surface area contributed by atoms with E-state index in [-0.39, 0.29) is 47.7 Å². The van der Waals surface area contributed by atoms with Crippen LogP contribution >= 0.6 is 10.2 Å². The van der Waals surface area contributed by atoms with Gasteiger partial charge in [0, 0.05) is 36.9 Å². The van der Waals surface area contributed by atoms with Gasteiger partial charge < -0.3 is 20.4 Å². The maximum atomic E-state index is 15.0. The number of carbonyl (C=O) groups excluding carboxylic acids is 1. The van der Waals surface area contributed by atoms with Crippen molar-refractivity contribution in [2.45, 2.75) is 53.9 Å². The molecule has 1 saturated heterocycles. The number of aromatic nitrogens is 3. The lowest BCUT2D eigenvalue weighted by Gasteiger charge is -2.68. The Bertz CT molecular complexity index is 1480. The van der Waals surface area contributed by atoms with Gasteiger partial charge in [-0.25, -0.2) is 14.4 Å². The number of hydrogen-bond donors (Lipinski definition) is 2. The minimum atomic E-state index is -9.92. The van der Waals surface area contributed by atoms with E-state index in [1.165, 1.54) is 4.90 Å². The van der Waals surface area contributed by atoms with E-state index in [9.17, 15) is 24.2 Å². The minimum absolute atomic E-state index is 0.0848. The van der Waals surface area contributed by atoms with E-state index in [2.05, 4.69) is 9.97 Å². The number of benzene rings is 1. The van der Waals surface area contributed by atoms with Crippen LogP contribution in [0.5, 0.6) is 0 Å². The molecule has 7 rings (SSSR count). The maximum Gasteiger partial charge on any atom is 0.310 e. The molecule has 14 heteroatoms. The highest BCUT2D eigenvalue weighted by Crippen LogP contribution is 3.02. The summed E-state index contributed by atoms with van der Waals surface area (Å²) in [5.41, 5.74) is 5.77. The first kappa shape index (κ1) is 25.3. The number of piperidine rings is 1. The number of carbonyl (C=O) groups is 1. The molecule has 0 spiro atoms. The topological polar surface area (TPSA) is 97.1 Å². The molecular formula is C24H25F6N5O2S. The molecule has 4 aliphatic rings. The quantitative estimate of drug-likeness (QED) is 0.287. The number of nitrogens with zero attached hydrogens (tertiary/aromatic N) is 3. The molecule has 3 saturated carbocycles. The Morgan fingerprint density at radius 1 is 1.16 bits per heavy atom. The Kier molecular flexibility index (Phi) is 4.75. The minimum Gasteiger partial charge on any atom is -0.398 e. The third kappa shape index (κ3) is 3.82. The third-order valence-corrected chi connectivity index (χ3v) is 9.46. The molecule has 2 bridgehead atoms. The summed E-state index contributed by atoms with van der Waals surface area (Å²) in [5, 5.41) is 0. The zero-order chi connectivity index (χ0) is 27.4. The van der Waals surface area contributed by atoms with Gasteiger partial charge in [0.2, 0.25) is 0 Å². The van der Waals surface area contributed by atoms with Crippen molar-refractivity contribution >= 4 is 33.0 Å². The van der Waals surface area contributed by atoms with Gasteiger partial charge in [-0.3, -0.25) is 4.79 Å². The number of amides is 1. The molecule has 2 aromatic heterocycles. The van der Waals surface area contributed by atoms with Crippen LogP contribution in [0, 0.1) is 5.82 Å². The van der Waals surface area contributed by atoms with Crippen molar-refractivity contribution in [3.8, 4) is 0 Å². The SMILES string of the molecule is COC12CC(c3nc4c(C5CCN(C(=O)c6ccc(S(F)(F)(F)(F)F)cc6N)CC5)c(F)cnc4[nH]3)(C1)C2. The number of fused-ring (bicyclic) bond motifs is 1. The number of likely N-dealkylation sites (tertiary alicyclic amines) is 1. The monoisotopic (exact) mass is 561 g/mol. The van der Waals surface area contributed by atoms with E-state index in [1.807, 2.05) is 0 Å². The van der Waals surface area contributed by atoms with Gasteiger partial charge in [-0.05, 0) is 56.2 Å². The predicted molar refractivity (Wildman–Crippen MR) is 129 cm³/mol. The van der Waals surface area contributed by atoms with Gasteiger partial charge in [0.25, 0.3) is 5.91 Å². The van der Waals surface area contributed by atoms with Crippen molar-refractivity contribution in [2.24, 2.45) is 0 Å². The number of halogens is 6. The summed E-state index contributed by atoms with van der Waals surface area (Å²) in [6.45, 7) is 0.347. The highest BCUT2D eigenvalue weighted by atomic mass is 32.5. The lowest BCUT2D eigenvalue weighted by molar-refractivity contribution is -0.234. The number of nitrogens with one attached hydrogen (secondary N) is 1. The Balaban J connectivity index is 1.20. The summed E-state index contributed by atoms with van der Waals surface area (Å²) in [7, 11) is -8.23. The Labute approximate surface area is 213 Å². The van der Waals surface area contributed by atoms with Gasteiger partial charge in [-0.1, -0.05) is 19.4 Å². The van der Waals surface area contributed by atoms with Crippen LogP contribution in [0.2, 0.25) is 0 Å². The zero-order valence-corrected chi connectivity index (χ0v) is 21.1. The van der Waals surface area contributed by atoms with Crippen molar-refractivity contribution in [3.05, 3.63) is 47.2 Å². The smallest absolute Gasteiger partial charge is 0.310 e. The maximum absolute atomic E-state index is 15.0. The van der Waals surface area contributed by atoms with E-state index >= 15 is 4.39 Å². The van der Waals surface area contributed by atoms with Gasteiger partial charge >= 0.3 is 10.2 Å². The van der Waals surface area contributed by atoms with Crippen LogP contribution in [-0.4, -0.2) is 51.6 Å². The van der Waals surface area contributed by atoms with Gasteiger partial charge in [0.1, 0.15) is 22.1 Å². The van der Waals surface area contributed by atoms with Crippen molar-refractivity contribution in [3.63, 3.8) is 0 Å². The first-order valence-corrected chi connectivity index (χ1v) is 14.0. The largest absolute Gasteiger partial charge is 0.398 e. The van der Waals surface area contributed by atoms with Crippen molar-refractivity contribution in [1.29, 1.82) is 0 Å². The van der Waals surface area contributed by atoms with Crippen molar-refractivity contribution in [1.82, 2.24) is 19.9 Å². The van der Waals surface area contributed by atoms with Crippen LogP contribution in [-0.2, 0) is 10.2 Å². The molecule has 0 radical (unpaired) electrons. The predicted octanol–water partition coefficient (Wildman–Crippen LogP) is 6.18. The number of nitrogens with two attached hydrogens (primary N) is 1. The molecule has 3 aliphatic carbocycles. The molecule has 1 amide bonds. The third-order valence-electron chi connectivity index (χ3n) is 8.31. The van der Waals surface area contributed by atoms with Crippen LogP contribution in [0.25, 0.3) is 11.2 Å². The molecule has 3 N–H and O–H groups in total. The lowest BCUT2D eigenvalue weighted by Crippen LogP contribution is -2.70. The fourth-order valence-corrected chi connectivity index (χ4v) is 6.94. The van der Waals surface area contributed by atoms with E-state index in [1.54, 1.807) is 7.11 Å². The second-order valence-corrected chi connectivity index (χ2v) is 13.2. The van der Waals surface area contributed by atoms with E-state index in [0.29, 0.717) is 35.6 Å². The van der Waals surface area contributed by atoms with Crippen molar-refractivity contribution < 1.29 is 33.4 Å². The van der Waals surface area contributed by atoms with E-state index in [0.717, 1.165) is 31.3 Å². The molecule has 1 aliphatic heterocycles. The number of aromatic amines is 1. The molecule has 3 heterocycles. The van der Waals surface area contributed by atoms with Crippen LogP contribution in [0.4, 0.5) is 29.5 Å². The number of methoxy groups -OCH3 is 1. The van der Waals surface area contributed by atoms with Gasteiger partial charge in [-0.15, -0.1) is 0 Å². The van der Waals surface area contributed by atoms with Gasteiger partial charge in [0.15, 0.2) is 5.65 Å². The standard InChI is InChI=1S/C24H25F6N5O2S/c1-37-24-10-23(11-24,12-24)22-33-19-18(16(25)9-32-20(19)34-22)13-4-6-35(7-5-13)21(36)15-3-2-14(8-17(15)31)38(26,27,28,29)30/h2-3,8-9,13H,4-7,10-12,31H2,1H3,(H,32,33,34). The number of rotatable bonds is 5. The van der Waals surface area contributed by atoms with Crippen molar-refractivity contribution in [2.75, 3.05) is 25.9 Å². The number of nitrogen functional groups attached to an aromatic ring is 1. The second kappa shape index (κ2) is 7.14. The highest BCUT2D eigenvalue weighted by Gasteiger charge is 2.70. The summed E-state index contributed by atoms with van der Waals surface area (Å²) < 4.78 is 86.0. The number of ether oxygens (including phenoxy) is 1.